The first-order valence-corrected chi connectivity index (χ1v) is 7.05. The molecule has 4 heteroatoms. The maximum absolute atomic E-state index is 4.60. The number of hydrogen-bond acceptors (Lipinski definition) is 4. The lowest BCUT2D eigenvalue weighted by molar-refractivity contribution is 0.568. The third kappa shape index (κ3) is 2.64. The summed E-state index contributed by atoms with van der Waals surface area (Å²) in [4.78, 5) is 11.4. The predicted octanol–water partition coefficient (Wildman–Crippen LogP) is 1.81. The van der Waals surface area contributed by atoms with E-state index in [1.165, 1.54) is 25.7 Å². The molecule has 1 unspecified atom stereocenters. The van der Waals surface area contributed by atoms with Crippen LogP contribution in [0.1, 0.15) is 37.2 Å². The van der Waals surface area contributed by atoms with Crippen molar-refractivity contribution < 1.29 is 0 Å². The molecular weight excluding hydrogens is 224 g/mol. The lowest BCUT2D eigenvalue weighted by atomic mass is 10.2. The van der Waals surface area contributed by atoms with Crippen LogP contribution < -0.4 is 10.2 Å². The quantitative estimate of drug-likeness (QED) is 0.880. The Morgan fingerprint density at radius 1 is 1.28 bits per heavy atom. The minimum Gasteiger partial charge on any atom is -0.352 e. The Labute approximate surface area is 109 Å². The van der Waals surface area contributed by atoms with Crippen LogP contribution in [0.15, 0.2) is 6.07 Å². The van der Waals surface area contributed by atoms with Crippen LogP contribution >= 0.6 is 0 Å². The van der Waals surface area contributed by atoms with Gasteiger partial charge in [0.25, 0.3) is 0 Å². The molecule has 1 aliphatic heterocycles. The third-order valence-electron chi connectivity index (χ3n) is 3.84. The van der Waals surface area contributed by atoms with E-state index < -0.39 is 0 Å². The molecule has 0 bridgehead atoms. The SMILES string of the molecule is Cc1cc(N2CCCC2CNC2CC2)nc(C)n1. The van der Waals surface area contributed by atoms with E-state index in [0.717, 1.165) is 36.5 Å². The van der Waals surface area contributed by atoms with Gasteiger partial charge in [0, 0.05) is 36.9 Å². The van der Waals surface area contributed by atoms with Crippen molar-refractivity contribution in [3.8, 4) is 0 Å². The van der Waals surface area contributed by atoms with Gasteiger partial charge in [-0.25, -0.2) is 9.97 Å². The van der Waals surface area contributed by atoms with Gasteiger partial charge in [-0.1, -0.05) is 0 Å². The summed E-state index contributed by atoms with van der Waals surface area (Å²) in [5.74, 6) is 1.99. The van der Waals surface area contributed by atoms with Crippen molar-refractivity contribution in [2.45, 2.75) is 51.6 Å². The number of anilines is 1. The zero-order valence-electron chi connectivity index (χ0n) is 11.3. The molecule has 18 heavy (non-hydrogen) atoms. The molecule has 1 N–H and O–H groups in total. The summed E-state index contributed by atoms with van der Waals surface area (Å²) in [7, 11) is 0. The van der Waals surface area contributed by atoms with Crippen molar-refractivity contribution >= 4 is 5.82 Å². The van der Waals surface area contributed by atoms with E-state index in [1.807, 2.05) is 13.8 Å². The molecule has 3 rings (SSSR count). The number of aromatic nitrogens is 2. The van der Waals surface area contributed by atoms with Gasteiger partial charge in [-0.3, -0.25) is 0 Å². The summed E-state index contributed by atoms with van der Waals surface area (Å²) >= 11 is 0. The van der Waals surface area contributed by atoms with Gasteiger partial charge in [0.05, 0.1) is 0 Å². The van der Waals surface area contributed by atoms with Gasteiger partial charge in [-0.15, -0.1) is 0 Å². The summed E-state index contributed by atoms with van der Waals surface area (Å²) in [6.45, 7) is 6.26. The zero-order valence-corrected chi connectivity index (χ0v) is 11.3. The largest absolute Gasteiger partial charge is 0.352 e. The first-order valence-electron chi connectivity index (χ1n) is 7.05. The first-order chi connectivity index (χ1) is 8.72. The van der Waals surface area contributed by atoms with E-state index in [9.17, 15) is 0 Å². The van der Waals surface area contributed by atoms with Crippen molar-refractivity contribution in [2.75, 3.05) is 18.0 Å². The molecule has 1 saturated carbocycles. The molecule has 1 aliphatic carbocycles. The Bertz CT molecular complexity index is 408. The molecule has 0 amide bonds. The molecule has 1 saturated heterocycles. The molecular formula is C14H22N4. The van der Waals surface area contributed by atoms with Gasteiger partial charge < -0.3 is 10.2 Å². The van der Waals surface area contributed by atoms with Crippen molar-refractivity contribution in [3.05, 3.63) is 17.6 Å². The Balaban J connectivity index is 1.71. The second-order valence-corrected chi connectivity index (χ2v) is 5.59. The Kier molecular flexibility index (Phi) is 3.20. The van der Waals surface area contributed by atoms with E-state index in [0.29, 0.717) is 6.04 Å². The fourth-order valence-corrected chi connectivity index (χ4v) is 2.78. The first kappa shape index (κ1) is 11.9. The Morgan fingerprint density at radius 3 is 2.83 bits per heavy atom. The highest BCUT2D eigenvalue weighted by atomic mass is 15.3. The van der Waals surface area contributed by atoms with Crippen LogP contribution in [0.25, 0.3) is 0 Å². The maximum Gasteiger partial charge on any atom is 0.132 e. The van der Waals surface area contributed by atoms with Crippen LogP contribution in [0, 0.1) is 13.8 Å². The van der Waals surface area contributed by atoms with Crippen LogP contribution in [0.3, 0.4) is 0 Å². The van der Waals surface area contributed by atoms with E-state index in [4.69, 9.17) is 0 Å². The third-order valence-corrected chi connectivity index (χ3v) is 3.84. The average molecular weight is 246 g/mol. The lowest BCUT2D eigenvalue weighted by Gasteiger charge is -2.26. The second kappa shape index (κ2) is 4.84. The van der Waals surface area contributed by atoms with Crippen molar-refractivity contribution in [2.24, 2.45) is 0 Å². The standard InChI is InChI=1S/C14H22N4/c1-10-8-14(17-11(2)16-10)18-7-3-4-13(18)9-15-12-5-6-12/h8,12-13,15H,3-7,9H2,1-2H3. The lowest BCUT2D eigenvalue weighted by Crippen LogP contribution is -2.39. The van der Waals surface area contributed by atoms with E-state index in [-0.39, 0.29) is 0 Å². The van der Waals surface area contributed by atoms with E-state index >= 15 is 0 Å². The second-order valence-electron chi connectivity index (χ2n) is 5.59. The molecule has 1 atom stereocenters. The summed E-state index contributed by atoms with van der Waals surface area (Å²) in [6.07, 6.45) is 5.28. The molecule has 2 fully saturated rings. The average Bonchev–Trinajstić information content (AvgIpc) is 3.02. The minimum absolute atomic E-state index is 0.610. The van der Waals surface area contributed by atoms with Gasteiger partial charge >= 0.3 is 0 Å². The van der Waals surface area contributed by atoms with Gasteiger partial charge in [-0.2, -0.15) is 0 Å². The molecule has 2 heterocycles. The molecule has 98 valence electrons. The number of rotatable bonds is 4. The van der Waals surface area contributed by atoms with Crippen LogP contribution in [0.2, 0.25) is 0 Å². The molecule has 4 nitrogen and oxygen atoms in total. The zero-order chi connectivity index (χ0) is 12.5. The van der Waals surface area contributed by atoms with Crippen molar-refractivity contribution in [1.82, 2.24) is 15.3 Å². The Hall–Kier alpha value is -1.16. The molecule has 0 spiro atoms. The number of hydrogen-bond donors (Lipinski definition) is 1. The fraction of sp³-hybridized carbons (Fsp3) is 0.714. The van der Waals surface area contributed by atoms with Crippen molar-refractivity contribution in [1.29, 1.82) is 0 Å². The van der Waals surface area contributed by atoms with Crippen LogP contribution in [-0.4, -0.2) is 35.1 Å². The Morgan fingerprint density at radius 2 is 2.11 bits per heavy atom. The minimum atomic E-state index is 0.610. The highest BCUT2D eigenvalue weighted by Crippen LogP contribution is 2.25. The van der Waals surface area contributed by atoms with Gasteiger partial charge in [0.15, 0.2) is 0 Å². The van der Waals surface area contributed by atoms with Gasteiger partial charge in [0.1, 0.15) is 11.6 Å². The summed E-state index contributed by atoms with van der Waals surface area (Å²) in [5, 5.41) is 3.64. The van der Waals surface area contributed by atoms with Crippen LogP contribution in [0.5, 0.6) is 0 Å². The van der Waals surface area contributed by atoms with Crippen molar-refractivity contribution in [3.63, 3.8) is 0 Å². The van der Waals surface area contributed by atoms with Crippen LogP contribution in [0.4, 0.5) is 5.82 Å². The normalized spacial score (nSPS) is 23.7. The molecule has 1 aromatic heterocycles. The number of nitrogens with one attached hydrogen (secondary N) is 1. The van der Waals surface area contributed by atoms with Gasteiger partial charge in [-0.05, 0) is 39.5 Å². The number of nitrogens with zero attached hydrogens (tertiary/aromatic N) is 3. The smallest absolute Gasteiger partial charge is 0.132 e. The van der Waals surface area contributed by atoms with Crippen LogP contribution in [-0.2, 0) is 0 Å². The summed E-state index contributed by atoms with van der Waals surface area (Å²) in [6, 6.07) is 3.52. The van der Waals surface area contributed by atoms with E-state index in [1.54, 1.807) is 0 Å². The summed E-state index contributed by atoms with van der Waals surface area (Å²) < 4.78 is 0. The molecule has 1 aromatic rings. The highest BCUT2D eigenvalue weighted by Gasteiger charge is 2.28. The molecule has 2 aliphatic rings. The number of aryl methyl sites for hydroxylation is 2. The van der Waals surface area contributed by atoms with E-state index in [2.05, 4.69) is 26.3 Å². The molecule has 0 radical (unpaired) electrons. The highest BCUT2D eigenvalue weighted by molar-refractivity contribution is 5.42. The fourth-order valence-electron chi connectivity index (χ4n) is 2.78. The van der Waals surface area contributed by atoms with Gasteiger partial charge in [0.2, 0.25) is 0 Å². The summed E-state index contributed by atoms with van der Waals surface area (Å²) in [5.41, 5.74) is 1.07. The maximum atomic E-state index is 4.60. The topological polar surface area (TPSA) is 41.0 Å². The predicted molar refractivity (Wildman–Crippen MR) is 72.9 cm³/mol. The molecule has 0 aromatic carbocycles. The monoisotopic (exact) mass is 246 g/mol.